The van der Waals surface area contributed by atoms with Gasteiger partial charge in [-0.15, -0.1) is 10.2 Å². The van der Waals surface area contributed by atoms with Crippen LogP contribution < -0.4 is 5.32 Å². The maximum absolute atomic E-state index is 12.3. The summed E-state index contributed by atoms with van der Waals surface area (Å²) in [7, 11) is -3.69. The second-order valence-corrected chi connectivity index (χ2v) is 10.7. The van der Waals surface area contributed by atoms with Crippen molar-refractivity contribution in [2.45, 2.75) is 29.0 Å². The molecule has 2 aromatic carbocycles. The van der Waals surface area contributed by atoms with Gasteiger partial charge in [-0.3, -0.25) is 10.1 Å². The lowest BCUT2D eigenvalue weighted by Crippen LogP contribution is -2.23. The van der Waals surface area contributed by atoms with Crippen molar-refractivity contribution >= 4 is 44.0 Å². The SMILES string of the molecule is Cc1ccc(S(=O)(=O)CC(=O)Nc2nnc(SCCCc3ccccc3)s2)cc1. The molecule has 0 bridgehead atoms. The fourth-order valence-corrected chi connectivity index (χ4v) is 5.47. The Balaban J connectivity index is 1.46. The summed E-state index contributed by atoms with van der Waals surface area (Å²) in [4.78, 5) is 12.3. The van der Waals surface area contributed by atoms with Crippen molar-refractivity contribution in [3.8, 4) is 0 Å². The van der Waals surface area contributed by atoms with Gasteiger partial charge in [-0.1, -0.05) is 71.1 Å². The number of nitrogens with one attached hydrogen (secondary N) is 1. The maximum Gasteiger partial charge on any atom is 0.241 e. The number of nitrogens with zero attached hydrogens (tertiary/aromatic N) is 2. The van der Waals surface area contributed by atoms with Gasteiger partial charge in [0, 0.05) is 5.75 Å². The van der Waals surface area contributed by atoms with Crippen LogP contribution in [0.1, 0.15) is 17.5 Å². The van der Waals surface area contributed by atoms with Gasteiger partial charge in [0.15, 0.2) is 14.2 Å². The zero-order chi connectivity index (χ0) is 20.7. The van der Waals surface area contributed by atoms with E-state index < -0.39 is 21.5 Å². The lowest BCUT2D eigenvalue weighted by molar-refractivity contribution is -0.113. The second kappa shape index (κ2) is 10.00. The van der Waals surface area contributed by atoms with E-state index in [4.69, 9.17) is 0 Å². The zero-order valence-corrected chi connectivity index (χ0v) is 18.3. The second-order valence-electron chi connectivity index (χ2n) is 6.43. The summed E-state index contributed by atoms with van der Waals surface area (Å²) in [6.45, 7) is 1.87. The van der Waals surface area contributed by atoms with E-state index in [9.17, 15) is 13.2 Å². The number of hydrogen-bond donors (Lipinski definition) is 1. The summed E-state index contributed by atoms with van der Waals surface area (Å²) >= 11 is 2.82. The highest BCUT2D eigenvalue weighted by atomic mass is 32.2. The number of rotatable bonds is 9. The third-order valence-electron chi connectivity index (χ3n) is 4.03. The maximum atomic E-state index is 12.3. The third-order valence-corrected chi connectivity index (χ3v) is 7.72. The van der Waals surface area contributed by atoms with E-state index in [0.29, 0.717) is 5.13 Å². The first-order valence-corrected chi connectivity index (χ1v) is 12.5. The molecule has 1 heterocycles. The van der Waals surface area contributed by atoms with Crippen LogP contribution in [0.4, 0.5) is 5.13 Å². The molecule has 3 rings (SSSR count). The zero-order valence-electron chi connectivity index (χ0n) is 15.9. The average molecular weight is 448 g/mol. The molecule has 0 unspecified atom stereocenters. The molecule has 152 valence electrons. The Morgan fingerprint density at radius 2 is 1.79 bits per heavy atom. The quantitative estimate of drug-likeness (QED) is 0.303. The Morgan fingerprint density at radius 1 is 1.07 bits per heavy atom. The standard InChI is InChI=1S/C20H21N3O3S3/c1-15-9-11-17(12-10-15)29(25,26)14-18(24)21-19-22-23-20(28-19)27-13-5-8-16-6-3-2-4-7-16/h2-4,6-7,9-12H,5,8,13-14H2,1H3,(H,21,22,24). The molecule has 0 aliphatic carbocycles. The Bertz CT molecular complexity index is 1050. The summed E-state index contributed by atoms with van der Waals surface area (Å²) in [5, 5.41) is 10.8. The molecule has 0 atom stereocenters. The summed E-state index contributed by atoms with van der Waals surface area (Å²) in [6.07, 6.45) is 2.00. The molecule has 0 aliphatic rings. The first-order valence-electron chi connectivity index (χ1n) is 9.02. The minimum atomic E-state index is -3.69. The lowest BCUT2D eigenvalue weighted by atomic mass is 10.1. The molecule has 29 heavy (non-hydrogen) atoms. The topological polar surface area (TPSA) is 89.0 Å². The number of amides is 1. The van der Waals surface area contributed by atoms with Crippen LogP contribution >= 0.6 is 23.1 Å². The monoisotopic (exact) mass is 447 g/mol. The van der Waals surface area contributed by atoms with Crippen molar-refractivity contribution in [1.82, 2.24) is 10.2 Å². The van der Waals surface area contributed by atoms with Gasteiger partial charge in [0.1, 0.15) is 5.75 Å². The van der Waals surface area contributed by atoms with Crippen LogP contribution in [0.5, 0.6) is 0 Å². The number of hydrogen-bond acceptors (Lipinski definition) is 7. The first kappa shape index (κ1) is 21.5. The Morgan fingerprint density at radius 3 is 2.52 bits per heavy atom. The molecule has 0 aliphatic heterocycles. The number of aryl methyl sites for hydroxylation is 2. The summed E-state index contributed by atoms with van der Waals surface area (Å²) in [5.41, 5.74) is 2.25. The summed E-state index contributed by atoms with van der Waals surface area (Å²) < 4.78 is 25.4. The van der Waals surface area contributed by atoms with Crippen molar-refractivity contribution in [2.75, 3.05) is 16.8 Å². The molecule has 0 spiro atoms. The largest absolute Gasteiger partial charge is 0.300 e. The van der Waals surface area contributed by atoms with Crippen LogP contribution in [0.15, 0.2) is 63.8 Å². The van der Waals surface area contributed by atoms with Crippen LogP contribution in [0.2, 0.25) is 0 Å². The lowest BCUT2D eigenvalue weighted by Gasteiger charge is -2.04. The van der Waals surface area contributed by atoms with Crippen molar-refractivity contribution in [3.63, 3.8) is 0 Å². The van der Waals surface area contributed by atoms with Crippen molar-refractivity contribution in [3.05, 3.63) is 65.7 Å². The highest BCUT2D eigenvalue weighted by molar-refractivity contribution is 8.01. The van der Waals surface area contributed by atoms with Gasteiger partial charge in [-0.2, -0.15) is 0 Å². The predicted octanol–water partition coefficient (Wildman–Crippen LogP) is 3.98. The minimum Gasteiger partial charge on any atom is -0.300 e. The molecule has 0 radical (unpaired) electrons. The number of sulfone groups is 1. The van der Waals surface area contributed by atoms with Crippen LogP contribution in [0.3, 0.4) is 0 Å². The van der Waals surface area contributed by atoms with E-state index in [0.717, 1.165) is 28.5 Å². The first-order chi connectivity index (χ1) is 13.9. The van der Waals surface area contributed by atoms with Gasteiger partial charge in [-0.25, -0.2) is 8.42 Å². The molecule has 3 aromatic rings. The molecule has 9 heteroatoms. The fraction of sp³-hybridized carbons (Fsp3) is 0.250. The minimum absolute atomic E-state index is 0.130. The third kappa shape index (κ3) is 6.66. The molecule has 1 aromatic heterocycles. The average Bonchev–Trinajstić information content (AvgIpc) is 3.13. The van der Waals surface area contributed by atoms with Gasteiger partial charge >= 0.3 is 0 Å². The predicted molar refractivity (Wildman–Crippen MR) is 117 cm³/mol. The van der Waals surface area contributed by atoms with Gasteiger partial charge in [-0.05, 0) is 37.5 Å². The molecule has 0 fully saturated rings. The van der Waals surface area contributed by atoms with E-state index in [2.05, 4.69) is 27.6 Å². The van der Waals surface area contributed by atoms with Gasteiger partial charge in [0.05, 0.1) is 4.90 Å². The van der Waals surface area contributed by atoms with E-state index in [1.807, 2.05) is 25.1 Å². The summed E-state index contributed by atoms with van der Waals surface area (Å²) in [6, 6.07) is 16.7. The van der Waals surface area contributed by atoms with Gasteiger partial charge < -0.3 is 0 Å². The van der Waals surface area contributed by atoms with E-state index in [-0.39, 0.29) is 4.90 Å². The van der Waals surface area contributed by atoms with Crippen LogP contribution in [0, 0.1) is 6.92 Å². The van der Waals surface area contributed by atoms with Gasteiger partial charge in [0.2, 0.25) is 11.0 Å². The molecular formula is C20H21N3O3S3. The Labute approximate surface area is 178 Å². The highest BCUT2D eigenvalue weighted by Crippen LogP contribution is 2.26. The number of aromatic nitrogens is 2. The van der Waals surface area contributed by atoms with Crippen LogP contribution in [-0.2, 0) is 21.1 Å². The van der Waals surface area contributed by atoms with Crippen LogP contribution in [0.25, 0.3) is 0 Å². The van der Waals surface area contributed by atoms with E-state index in [1.54, 1.807) is 23.9 Å². The molecule has 6 nitrogen and oxygen atoms in total. The van der Waals surface area contributed by atoms with Crippen LogP contribution in [-0.4, -0.2) is 36.0 Å². The molecule has 1 amide bonds. The Hall–Kier alpha value is -2.23. The number of carbonyl (C=O) groups excluding carboxylic acids is 1. The Kier molecular flexibility index (Phi) is 7.40. The van der Waals surface area contributed by atoms with Crippen molar-refractivity contribution in [1.29, 1.82) is 0 Å². The normalized spacial score (nSPS) is 11.3. The number of carbonyl (C=O) groups is 1. The summed E-state index contributed by atoms with van der Waals surface area (Å²) in [5.74, 6) is -0.364. The van der Waals surface area contributed by atoms with Gasteiger partial charge in [0.25, 0.3) is 0 Å². The number of anilines is 1. The van der Waals surface area contributed by atoms with E-state index >= 15 is 0 Å². The van der Waals surface area contributed by atoms with E-state index in [1.165, 1.54) is 29.0 Å². The molecule has 1 N–H and O–H groups in total. The highest BCUT2D eigenvalue weighted by Gasteiger charge is 2.20. The smallest absolute Gasteiger partial charge is 0.241 e. The molecule has 0 saturated carbocycles. The van der Waals surface area contributed by atoms with Crippen molar-refractivity contribution in [2.24, 2.45) is 0 Å². The molecular weight excluding hydrogens is 426 g/mol. The molecule has 0 saturated heterocycles. The fourth-order valence-electron chi connectivity index (χ4n) is 2.56. The number of thioether (sulfide) groups is 1. The number of benzene rings is 2. The van der Waals surface area contributed by atoms with Crippen molar-refractivity contribution < 1.29 is 13.2 Å².